The van der Waals surface area contributed by atoms with Crippen LogP contribution in [0.25, 0.3) is 0 Å². The van der Waals surface area contributed by atoms with Crippen LogP contribution in [0.1, 0.15) is 10.4 Å². The molecule has 2 aromatic carbocycles. The zero-order chi connectivity index (χ0) is 14.7. The number of carbonyl (C=O) groups excluding carboxylic acids is 1. The van der Waals surface area contributed by atoms with Gasteiger partial charge in [-0.1, -0.05) is 0 Å². The number of benzene rings is 2. The number of ether oxygens (including phenoxy) is 2. The van der Waals surface area contributed by atoms with Crippen LogP contribution in [-0.2, 0) is 0 Å². The van der Waals surface area contributed by atoms with Gasteiger partial charge in [0, 0.05) is 5.69 Å². The van der Waals surface area contributed by atoms with Crippen molar-refractivity contribution < 1.29 is 14.3 Å². The second-order valence-electron chi connectivity index (χ2n) is 4.02. The fraction of sp³-hybridized carbons (Fsp3) is 0.0714. The first kappa shape index (κ1) is 14.2. The van der Waals surface area contributed by atoms with E-state index in [1.165, 1.54) is 6.07 Å². The Bertz CT molecular complexity index is 659. The average Bonchev–Trinajstić information content (AvgIpc) is 2.42. The average molecular weight is 337 g/mol. The minimum Gasteiger partial charge on any atom is -0.497 e. The van der Waals surface area contributed by atoms with E-state index in [2.05, 4.69) is 15.9 Å². The maximum absolute atomic E-state index is 11.4. The number of hydrogen-bond acceptors (Lipinski definition) is 4. The van der Waals surface area contributed by atoms with Crippen LogP contribution in [0.5, 0.6) is 17.2 Å². The molecule has 0 heterocycles. The number of rotatable bonds is 4. The minimum absolute atomic E-state index is 0.229. The van der Waals surface area contributed by atoms with Gasteiger partial charge in [-0.05, 0) is 52.3 Å². The molecule has 0 saturated heterocycles. The van der Waals surface area contributed by atoms with Crippen LogP contribution in [0.4, 0.5) is 5.69 Å². The zero-order valence-corrected chi connectivity index (χ0v) is 12.3. The lowest BCUT2D eigenvalue weighted by atomic mass is 10.1. The second kappa shape index (κ2) is 5.83. The van der Waals surface area contributed by atoms with E-state index in [9.17, 15) is 4.79 Å². The summed E-state index contributed by atoms with van der Waals surface area (Å²) in [4.78, 5) is 11.4. The highest BCUT2D eigenvalue weighted by molar-refractivity contribution is 9.10. The highest BCUT2D eigenvalue weighted by Gasteiger charge is 2.12. The molecule has 0 unspecified atom stereocenters. The first-order valence-electron chi connectivity index (χ1n) is 5.72. The lowest BCUT2D eigenvalue weighted by Crippen LogP contribution is -2.12. The lowest BCUT2D eigenvalue weighted by Gasteiger charge is -2.12. The summed E-state index contributed by atoms with van der Waals surface area (Å²) in [6.45, 7) is 0. The maximum Gasteiger partial charge on any atom is 0.252 e. The Labute approximate surface area is 124 Å². The summed E-state index contributed by atoms with van der Waals surface area (Å²) in [6.07, 6.45) is 0. The smallest absolute Gasteiger partial charge is 0.252 e. The van der Waals surface area contributed by atoms with Crippen LogP contribution in [0.2, 0.25) is 0 Å². The molecule has 0 saturated carbocycles. The van der Waals surface area contributed by atoms with Crippen molar-refractivity contribution in [2.75, 3.05) is 12.8 Å². The molecular formula is C14H13BrN2O3. The van der Waals surface area contributed by atoms with Crippen LogP contribution < -0.4 is 20.9 Å². The van der Waals surface area contributed by atoms with Gasteiger partial charge in [-0.2, -0.15) is 0 Å². The first-order chi connectivity index (χ1) is 9.51. The molecule has 0 spiro atoms. The molecule has 0 radical (unpaired) electrons. The summed E-state index contributed by atoms with van der Waals surface area (Å²) in [5.74, 6) is 0.976. The third kappa shape index (κ3) is 3.03. The summed E-state index contributed by atoms with van der Waals surface area (Å²) < 4.78 is 11.5. The van der Waals surface area contributed by atoms with Crippen LogP contribution in [-0.4, -0.2) is 13.0 Å². The molecule has 0 aliphatic heterocycles. The first-order valence-corrected chi connectivity index (χ1v) is 6.51. The Morgan fingerprint density at radius 2 is 1.85 bits per heavy atom. The summed E-state index contributed by atoms with van der Waals surface area (Å²) in [7, 11) is 1.58. The number of halogens is 1. The molecule has 0 aliphatic rings. The number of amides is 1. The van der Waals surface area contributed by atoms with Crippen molar-refractivity contribution in [2.45, 2.75) is 0 Å². The monoisotopic (exact) mass is 336 g/mol. The molecular weight excluding hydrogens is 324 g/mol. The van der Waals surface area contributed by atoms with E-state index >= 15 is 0 Å². The maximum atomic E-state index is 11.4. The summed E-state index contributed by atoms with van der Waals surface area (Å²) >= 11 is 3.38. The van der Waals surface area contributed by atoms with Gasteiger partial charge in [0.05, 0.1) is 17.1 Å². The fourth-order valence-electron chi connectivity index (χ4n) is 1.64. The molecule has 2 rings (SSSR count). The molecule has 5 nitrogen and oxygen atoms in total. The fourth-order valence-corrected chi connectivity index (χ4v) is 2.08. The van der Waals surface area contributed by atoms with Crippen molar-refractivity contribution in [3.8, 4) is 17.2 Å². The van der Waals surface area contributed by atoms with E-state index in [-0.39, 0.29) is 5.56 Å². The van der Waals surface area contributed by atoms with Crippen molar-refractivity contribution in [1.29, 1.82) is 0 Å². The van der Waals surface area contributed by atoms with Gasteiger partial charge in [0.15, 0.2) is 0 Å². The molecule has 1 amide bonds. The summed E-state index contributed by atoms with van der Waals surface area (Å²) in [6, 6.07) is 9.96. The number of hydrogen-bond donors (Lipinski definition) is 2. The second-order valence-corrected chi connectivity index (χ2v) is 4.87. The van der Waals surface area contributed by atoms with E-state index in [0.29, 0.717) is 27.4 Å². The van der Waals surface area contributed by atoms with E-state index in [1.807, 2.05) is 0 Å². The van der Waals surface area contributed by atoms with Crippen molar-refractivity contribution >= 4 is 27.5 Å². The highest BCUT2D eigenvalue weighted by atomic mass is 79.9. The number of primary amides is 1. The Morgan fingerprint density at radius 1 is 1.15 bits per heavy atom. The van der Waals surface area contributed by atoms with Crippen LogP contribution >= 0.6 is 15.9 Å². The van der Waals surface area contributed by atoms with E-state index < -0.39 is 5.91 Å². The van der Waals surface area contributed by atoms with Gasteiger partial charge in [-0.25, -0.2) is 0 Å². The number of nitrogens with two attached hydrogens (primary N) is 2. The number of nitrogen functional groups attached to an aromatic ring is 1. The normalized spacial score (nSPS) is 10.1. The third-order valence-corrected chi connectivity index (χ3v) is 3.25. The SMILES string of the molecule is COc1ccc(Oc2ccc(N)cc2C(N)=O)c(Br)c1. The van der Waals surface area contributed by atoms with E-state index in [4.69, 9.17) is 20.9 Å². The van der Waals surface area contributed by atoms with Crippen molar-refractivity contribution in [3.63, 3.8) is 0 Å². The van der Waals surface area contributed by atoms with Gasteiger partial charge in [-0.3, -0.25) is 4.79 Å². The summed E-state index contributed by atoms with van der Waals surface area (Å²) in [5, 5.41) is 0. The minimum atomic E-state index is -0.600. The Kier molecular flexibility index (Phi) is 4.14. The Morgan fingerprint density at radius 3 is 2.45 bits per heavy atom. The third-order valence-electron chi connectivity index (χ3n) is 2.63. The predicted octanol–water partition coefficient (Wildman–Crippen LogP) is 2.93. The molecule has 4 N–H and O–H groups in total. The van der Waals surface area contributed by atoms with Crippen molar-refractivity contribution in [3.05, 3.63) is 46.4 Å². The molecule has 104 valence electrons. The molecule has 20 heavy (non-hydrogen) atoms. The van der Waals surface area contributed by atoms with Crippen molar-refractivity contribution in [1.82, 2.24) is 0 Å². The molecule has 0 aromatic heterocycles. The highest BCUT2D eigenvalue weighted by Crippen LogP contribution is 2.34. The molecule has 6 heteroatoms. The van der Waals surface area contributed by atoms with Crippen molar-refractivity contribution in [2.24, 2.45) is 5.73 Å². The lowest BCUT2D eigenvalue weighted by molar-refractivity contribution is 0.0998. The quantitative estimate of drug-likeness (QED) is 0.840. The molecule has 0 aliphatic carbocycles. The summed E-state index contributed by atoms with van der Waals surface area (Å²) in [5.41, 5.74) is 11.6. The van der Waals surface area contributed by atoms with Gasteiger partial charge in [0.1, 0.15) is 17.2 Å². The van der Waals surface area contributed by atoms with Gasteiger partial charge in [0.25, 0.3) is 5.91 Å². The zero-order valence-electron chi connectivity index (χ0n) is 10.7. The van der Waals surface area contributed by atoms with Crippen LogP contribution in [0.3, 0.4) is 0 Å². The van der Waals surface area contributed by atoms with Gasteiger partial charge < -0.3 is 20.9 Å². The van der Waals surface area contributed by atoms with E-state index in [1.54, 1.807) is 37.4 Å². The van der Waals surface area contributed by atoms with Crippen LogP contribution in [0.15, 0.2) is 40.9 Å². The largest absolute Gasteiger partial charge is 0.497 e. The Balaban J connectivity index is 2.37. The van der Waals surface area contributed by atoms with Crippen LogP contribution in [0, 0.1) is 0 Å². The number of methoxy groups -OCH3 is 1. The molecule has 0 atom stereocenters. The predicted molar refractivity (Wildman–Crippen MR) is 80.1 cm³/mol. The molecule has 0 fully saturated rings. The number of anilines is 1. The molecule has 2 aromatic rings. The topological polar surface area (TPSA) is 87.6 Å². The van der Waals surface area contributed by atoms with Gasteiger partial charge >= 0.3 is 0 Å². The standard InChI is InChI=1S/C14H13BrN2O3/c1-19-9-3-5-13(11(15)7-9)20-12-4-2-8(16)6-10(12)14(17)18/h2-7H,16H2,1H3,(H2,17,18). The van der Waals surface area contributed by atoms with Gasteiger partial charge in [-0.15, -0.1) is 0 Å². The Hall–Kier alpha value is -2.21. The number of carbonyl (C=O) groups is 1. The van der Waals surface area contributed by atoms with E-state index in [0.717, 1.165) is 0 Å². The molecule has 0 bridgehead atoms. The van der Waals surface area contributed by atoms with Gasteiger partial charge in [0.2, 0.25) is 0 Å².